The SMILES string of the molecule is O=C(O)CC[C@@](O)(C[C@H](O)C(=O)O)C(=O)O. The molecule has 92 valence electrons. The zero-order chi connectivity index (χ0) is 12.9. The maximum Gasteiger partial charge on any atom is 0.335 e. The van der Waals surface area contributed by atoms with Crippen molar-refractivity contribution in [3.8, 4) is 0 Å². The first-order chi connectivity index (χ1) is 7.19. The molecule has 0 radical (unpaired) electrons. The predicted octanol–water partition coefficient (Wildman–Crippen LogP) is -1.50. The predicted molar refractivity (Wildman–Crippen MR) is 47.7 cm³/mol. The van der Waals surface area contributed by atoms with Crippen LogP contribution < -0.4 is 0 Å². The zero-order valence-electron chi connectivity index (χ0n) is 8.16. The van der Waals surface area contributed by atoms with Gasteiger partial charge in [0.15, 0.2) is 11.7 Å². The van der Waals surface area contributed by atoms with Crippen molar-refractivity contribution in [1.82, 2.24) is 0 Å². The van der Waals surface area contributed by atoms with Crippen LogP contribution in [0.4, 0.5) is 0 Å². The average Bonchev–Trinajstić information content (AvgIpc) is 2.14. The first-order valence-electron chi connectivity index (χ1n) is 4.27. The minimum Gasteiger partial charge on any atom is -0.481 e. The first-order valence-corrected chi connectivity index (χ1v) is 4.27. The Hall–Kier alpha value is -1.67. The summed E-state index contributed by atoms with van der Waals surface area (Å²) < 4.78 is 0. The van der Waals surface area contributed by atoms with Crippen molar-refractivity contribution >= 4 is 17.9 Å². The van der Waals surface area contributed by atoms with Crippen molar-refractivity contribution in [2.75, 3.05) is 0 Å². The van der Waals surface area contributed by atoms with Crippen LogP contribution in [0.2, 0.25) is 0 Å². The van der Waals surface area contributed by atoms with Crippen LogP contribution in [0.25, 0.3) is 0 Å². The smallest absolute Gasteiger partial charge is 0.335 e. The molecule has 0 aliphatic carbocycles. The van der Waals surface area contributed by atoms with Crippen LogP contribution >= 0.6 is 0 Å². The molecule has 8 nitrogen and oxygen atoms in total. The van der Waals surface area contributed by atoms with Gasteiger partial charge in [0.05, 0.1) is 0 Å². The van der Waals surface area contributed by atoms with Gasteiger partial charge < -0.3 is 25.5 Å². The van der Waals surface area contributed by atoms with Gasteiger partial charge in [-0.2, -0.15) is 0 Å². The normalized spacial score (nSPS) is 16.1. The van der Waals surface area contributed by atoms with Crippen LogP contribution in [0.1, 0.15) is 19.3 Å². The van der Waals surface area contributed by atoms with Gasteiger partial charge in [0, 0.05) is 12.8 Å². The molecule has 0 saturated carbocycles. The summed E-state index contributed by atoms with van der Waals surface area (Å²) in [6, 6.07) is 0. The van der Waals surface area contributed by atoms with E-state index < -0.39 is 48.9 Å². The van der Waals surface area contributed by atoms with E-state index in [1.54, 1.807) is 0 Å². The molecule has 0 fully saturated rings. The number of aliphatic carboxylic acids is 3. The molecule has 0 aromatic rings. The van der Waals surface area contributed by atoms with Gasteiger partial charge in [-0.3, -0.25) is 4.79 Å². The summed E-state index contributed by atoms with van der Waals surface area (Å²) in [7, 11) is 0. The fraction of sp³-hybridized carbons (Fsp3) is 0.625. The fourth-order valence-electron chi connectivity index (χ4n) is 1.02. The Morgan fingerprint density at radius 3 is 1.94 bits per heavy atom. The van der Waals surface area contributed by atoms with Crippen LogP contribution in [0.5, 0.6) is 0 Å². The molecule has 0 unspecified atom stereocenters. The number of carboxylic acids is 3. The number of aliphatic hydroxyl groups is 2. The topological polar surface area (TPSA) is 152 Å². The Bertz CT molecular complexity index is 298. The van der Waals surface area contributed by atoms with E-state index in [0.29, 0.717) is 0 Å². The quantitative estimate of drug-likeness (QED) is 0.358. The summed E-state index contributed by atoms with van der Waals surface area (Å²) >= 11 is 0. The van der Waals surface area contributed by atoms with E-state index in [9.17, 15) is 19.5 Å². The van der Waals surface area contributed by atoms with Crippen molar-refractivity contribution in [3.63, 3.8) is 0 Å². The molecule has 0 heterocycles. The summed E-state index contributed by atoms with van der Waals surface area (Å²) in [6.07, 6.45) is -4.35. The van der Waals surface area contributed by atoms with E-state index in [0.717, 1.165) is 0 Å². The molecule has 16 heavy (non-hydrogen) atoms. The molecule has 0 aromatic carbocycles. The molecule has 0 aliphatic heterocycles. The van der Waals surface area contributed by atoms with Gasteiger partial charge >= 0.3 is 17.9 Å². The highest BCUT2D eigenvalue weighted by Gasteiger charge is 2.40. The lowest BCUT2D eigenvalue weighted by atomic mass is 9.91. The highest BCUT2D eigenvalue weighted by Crippen LogP contribution is 2.20. The van der Waals surface area contributed by atoms with E-state index >= 15 is 0 Å². The fourth-order valence-corrected chi connectivity index (χ4v) is 1.02. The van der Waals surface area contributed by atoms with Crippen LogP contribution in [0, 0.1) is 0 Å². The van der Waals surface area contributed by atoms with Crippen LogP contribution in [-0.4, -0.2) is 55.1 Å². The van der Waals surface area contributed by atoms with Gasteiger partial charge in [0.1, 0.15) is 0 Å². The molecular formula is C8H12O8. The van der Waals surface area contributed by atoms with Crippen molar-refractivity contribution in [1.29, 1.82) is 0 Å². The second-order valence-corrected chi connectivity index (χ2v) is 3.29. The zero-order valence-corrected chi connectivity index (χ0v) is 8.16. The van der Waals surface area contributed by atoms with Gasteiger partial charge in [-0.25, -0.2) is 9.59 Å². The lowest BCUT2D eigenvalue weighted by molar-refractivity contribution is -0.167. The molecule has 0 aromatic heterocycles. The molecular weight excluding hydrogens is 224 g/mol. The largest absolute Gasteiger partial charge is 0.481 e. The minimum atomic E-state index is -2.56. The summed E-state index contributed by atoms with van der Waals surface area (Å²) in [5, 5.41) is 43.7. The van der Waals surface area contributed by atoms with Gasteiger partial charge in [-0.05, 0) is 6.42 Å². The third kappa shape index (κ3) is 4.24. The molecule has 0 spiro atoms. The maximum atomic E-state index is 10.6. The van der Waals surface area contributed by atoms with Crippen molar-refractivity contribution in [2.45, 2.75) is 31.0 Å². The summed E-state index contributed by atoms with van der Waals surface area (Å²) in [6.45, 7) is 0. The third-order valence-electron chi connectivity index (χ3n) is 1.97. The number of carboxylic acid groups (broad SMARTS) is 3. The van der Waals surface area contributed by atoms with Crippen LogP contribution in [0.15, 0.2) is 0 Å². The number of carbonyl (C=O) groups is 3. The Labute approximate surface area is 89.7 Å². The van der Waals surface area contributed by atoms with Gasteiger partial charge in [0.2, 0.25) is 0 Å². The standard InChI is InChI=1S/C8H12O8/c9-4(6(12)13)3-8(16,7(14)15)2-1-5(10)11/h4,9,16H,1-3H2,(H,10,11)(H,12,13)(H,14,15)/t4-,8+/m0/s1. The molecule has 8 heteroatoms. The van der Waals surface area contributed by atoms with Crippen molar-refractivity contribution < 1.29 is 39.9 Å². The monoisotopic (exact) mass is 236 g/mol. The summed E-state index contributed by atoms with van der Waals surface area (Å²) in [4.78, 5) is 31.1. The second kappa shape index (κ2) is 5.42. The molecule has 0 bridgehead atoms. The summed E-state index contributed by atoms with van der Waals surface area (Å²) in [5.74, 6) is -4.78. The Balaban J connectivity index is 4.63. The maximum absolute atomic E-state index is 10.6. The van der Waals surface area contributed by atoms with Crippen LogP contribution in [-0.2, 0) is 14.4 Å². The molecule has 0 saturated heterocycles. The van der Waals surface area contributed by atoms with Gasteiger partial charge in [0.25, 0.3) is 0 Å². The van der Waals surface area contributed by atoms with Gasteiger partial charge in [-0.1, -0.05) is 0 Å². The molecule has 0 aliphatic rings. The van der Waals surface area contributed by atoms with Crippen molar-refractivity contribution in [3.05, 3.63) is 0 Å². The number of hydrogen-bond acceptors (Lipinski definition) is 5. The Morgan fingerprint density at radius 1 is 1.12 bits per heavy atom. The van der Waals surface area contributed by atoms with E-state index in [2.05, 4.69) is 0 Å². The number of hydrogen-bond donors (Lipinski definition) is 5. The van der Waals surface area contributed by atoms with E-state index in [-0.39, 0.29) is 0 Å². The second-order valence-electron chi connectivity index (χ2n) is 3.29. The van der Waals surface area contributed by atoms with Crippen molar-refractivity contribution in [2.24, 2.45) is 0 Å². The van der Waals surface area contributed by atoms with E-state index in [1.807, 2.05) is 0 Å². The average molecular weight is 236 g/mol. The highest BCUT2D eigenvalue weighted by molar-refractivity contribution is 5.80. The Kier molecular flexibility index (Phi) is 4.86. The molecule has 0 rings (SSSR count). The third-order valence-corrected chi connectivity index (χ3v) is 1.97. The minimum absolute atomic E-state index is 0.644. The highest BCUT2D eigenvalue weighted by atomic mass is 16.4. The van der Waals surface area contributed by atoms with E-state index in [4.69, 9.17) is 20.4 Å². The van der Waals surface area contributed by atoms with Crippen LogP contribution in [0.3, 0.4) is 0 Å². The molecule has 5 N–H and O–H groups in total. The number of aliphatic hydroxyl groups excluding tert-OH is 1. The Morgan fingerprint density at radius 2 is 1.62 bits per heavy atom. The summed E-state index contributed by atoms with van der Waals surface area (Å²) in [5.41, 5.74) is -2.56. The van der Waals surface area contributed by atoms with Gasteiger partial charge in [-0.15, -0.1) is 0 Å². The molecule has 2 atom stereocenters. The van der Waals surface area contributed by atoms with E-state index in [1.165, 1.54) is 0 Å². The number of rotatable bonds is 7. The molecule has 0 amide bonds. The lowest BCUT2D eigenvalue weighted by Gasteiger charge is -2.23. The first kappa shape index (κ1) is 14.3. The lowest BCUT2D eigenvalue weighted by Crippen LogP contribution is -2.44.